The lowest BCUT2D eigenvalue weighted by molar-refractivity contribution is -0.145. The minimum Gasteiger partial charge on any atom is -0.466 e. The number of nitrogens with zero attached hydrogens (tertiary/aromatic N) is 2. The third-order valence-corrected chi connectivity index (χ3v) is 2.90. The molecular weight excluding hydrogens is 256 g/mol. The number of carbonyl (C=O) groups is 2. The van der Waals surface area contributed by atoms with E-state index < -0.39 is 5.97 Å². The van der Waals surface area contributed by atoms with Crippen molar-refractivity contribution < 1.29 is 14.3 Å². The van der Waals surface area contributed by atoms with Gasteiger partial charge in [-0.15, -0.1) is 0 Å². The minimum absolute atomic E-state index is 0.0944. The number of esters is 1. The van der Waals surface area contributed by atoms with Gasteiger partial charge in [-0.2, -0.15) is 5.26 Å². The topological polar surface area (TPSA) is 72.1 Å². The molecule has 0 amide bonds. The number of aromatic nitrogens is 1. The predicted octanol–water partition coefficient (Wildman–Crippen LogP) is 2.04. The summed E-state index contributed by atoms with van der Waals surface area (Å²) in [5.74, 6) is -0.727. The highest BCUT2D eigenvalue weighted by molar-refractivity contribution is 5.96. The van der Waals surface area contributed by atoms with Gasteiger partial charge in [0.05, 0.1) is 24.8 Å². The van der Waals surface area contributed by atoms with Gasteiger partial charge in [0.25, 0.3) is 0 Å². The monoisotopic (exact) mass is 270 g/mol. The molecule has 20 heavy (non-hydrogen) atoms. The Labute approximate surface area is 116 Å². The quantitative estimate of drug-likeness (QED) is 0.615. The first-order valence-electron chi connectivity index (χ1n) is 6.30. The van der Waals surface area contributed by atoms with Crippen molar-refractivity contribution in [3.8, 4) is 6.07 Å². The van der Waals surface area contributed by atoms with Gasteiger partial charge in [-0.1, -0.05) is 6.07 Å². The Kier molecular flexibility index (Phi) is 4.16. The smallest absolute Gasteiger partial charge is 0.313 e. The average Bonchev–Trinajstić information content (AvgIpc) is 2.81. The summed E-state index contributed by atoms with van der Waals surface area (Å²) < 4.78 is 6.48. The number of ether oxygens (including phenoxy) is 1. The van der Waals surface area contributed by atoms with Crippen LogP contribution >= 0.6 is 0 Å². The lowest BCUT2D eigenvalue weighted by Crippen LogP contribution is -2.15. The van der Waals surface area contributed by atoms with Crippen molar-refractivity contribution in [2.45, 2.75) is 19.9 Å². The fourth-order valence-corrected chi connectivity index (χ4v) is 2.01. The molecule has 0 bridgehead atoms. The van der Waals surface area contributed by atoms with Gasteiger partial charge in [-0.25, -0.2) is 0 Å². The summed E-state index contributed by atoms with van der Waals surface area (Å²) >= 11 is 0. The Morgan fingerprint density at radius 2 is 2.15 bits per heavy atom. The number of nitriles is 1. The number of ketones is 1. The lowest BCUT2D eigenvalue weighted by Gasteiger charge is -2.05. The molecule has 0 radical (unpaired) electrons. The number of fused-ring (bicyclic) bond motifs is 1. The van der Waals surface area contributed by atoms with E-state index >= 15 is 0 Å². The Balaban J connectivity index is 2.15. The molecule has 0 unspecified atom stereocenters. The normalized spacial score (nSPS) is 10.2. The van der Waals surface area contributed by atoms with Crippen molar-refractivity contribution in [3.05, 3.63) is 36.0 Å². The fraction of sp³-hybridized carbons (Fsp3) is 0.267. The first-order chi connectivity index (χ1) is 9.63. The van der Waals surface area contributed by atoms with Crippen LogP contribution in [0.2, 0.25) is 0 Å². The summed E-state index contributed by atoms with van der Waals surface area (Å²) in [6, 6.07) is 9.23. The Bertz CT molecular complexity index is 695. The number of rotatable bonds is 5. The molecule has 0 atom stereocenters. The summed E-state index contributed by atoms with van der Waals surface area (Å²) in [6.45, 7) is 2.06. The molecule has 2 rings (SSSR count). The van der Waals surface area contributed by atoms with Crippen LogP contribution in [0.3, 0.4) is 0 Å². The Hall–Kier alpha value is -2.61. The molecule has 0 fully saturated rings. The third-order valence-electron chi connectivity index (χ3n) is 2.90. The zero-order valence-electron chi connectivity index (χ0n) is 11.1. The van der Waals surface area contributed by atoms with Crippen LogP contribution < -0.4 is 0 Å². The van der Waals surface area contributed by atoms with Crippen molar-refractivity contribution in [1.29, 1.82) is 5.26 Å². The molecule has 0 aliphatic carbocycles. The van der Waals surface area contributed by atoms with Crippen LogP contribution in [0.25, 0.3) is 10.9 Å². The van der Waals surface area contributed by atoms with Crippen molar-refractivity contribution in [2.24, 2.45) is 0 Å². The van der Waals surface area contributed by atoms with E-state index in [2.05, 4.69) is 6.07 Å². The van der Waals surface area contributed by atoms with Gasteiger partial charge in [-0.05, 0) is 30.5 Å². The zero-order valence-corrected chi connectivity index (χ0v) is 11.1. The van der Waals surface area contributed by atoms with E-state index in [0.717, 1.165) is 10.9 Å². The number of hydrogen-bond donors (Lipinski definition) is 0. The molecule has 1 heterocycles. The molecule has 0 N–H and O–H groups in total. The van der Waals surface area contributed by atoms with Crippen LogP contribution in [0.4, 0.5) is 0 Å². The first kappa shape index (κ1) is 13.8. The molecular formula is C15H14N2O3. The van der Waals surface area contributed by atoms with Crippen LogP contribution in [0.1, 0.15) is 18.9 Å². The summed E-state index contributed by atoms with van der Waals surface area (Å²) in [4.78, 5) is 23.1. The largest absolute Gasteiger partial charge is 0.466 e. The number of Topliss-reactive ketones (excluding diaryl/α,β-unsaturated/α-hetero) is 1. The van der Waals surface area contributed by atoms with Crippen LogP contribution in [-0.4, -0.2) is 22.9 Å². The van der Waals surface area contributed by atoms with Crippen molar-refractivity contribution in [1.82, 2.24) is 4.57 Å². The number of carbonyl (C=O) groups excluding carboxylic acids is 2. The molecule has 1 aromatic heterocycles. The number of hydrogen-bond acceptors (Lipinski definition) is 4. The minimum atomic E-state index is -0.508. The van der Waals surface area contributed by atoms with E-state index in [4.69, 9.17) is 10.00 Å². The molecule has 0 saturated carbocycles. The van der Waals surface area contributed by atoms with Gasteiger partial charge in [0.1, 0.15) is 6.42 Å². The van der Waals surface area contributed by atoms with E-state index in [-0.39, 0.29) is 25.4 Å². The van der Waals surface area contributed by atoms with Gasteiger partial charge in [0.15, 0.2) is 5.78 Å². The van der Waals surface area contributed by atoms with Crippen LogP contribution in [0.5, 0.6) is 0 Å². The van der Waals surface area contributed by atoms with Gasteiger partial charge < -0.3 is 9.30 Å². The molecule has 1 aromatic carbocycles. The van der Waals surface area contributed by atoms with Gasteiger partial charge >= 0.3 is 5.97 Å². The third kappa shape index (κ3) is 3.04. The zero-order chi connectivity index (χ0) is 14.5. The fourth-order valence-electron chi connectivity index (χ4n) is 2.01. The highest BCUT2D eigenvalue weighted by atomic mass is 16.5. The maximum atomic E-state index is 11.8. The Morgan fingerprint density at radius 1 is 1.35 bits per heavy atom. The summed E-state index contributed by atoms with van der Waals surface area (Å²) in [5.41, 5.74) is 1.34. The summed E-state index contributed by atoms with van der Waals surface area (Å²) in [7, 11) is 0. The van der Waals surface area contributed by atoms with Gasteiger partial charge in [-0.3, -0.25) is 9.59 Å². The lowest BCUT2D eigenvalue weighted by atomic mass is 10.2. The number of benzene rings is 1. The molecule has 0 aliphatic rings. The second-order valence-electron chi connectivity index (χ2n) is 4.35. The molecule has 5 nitrogen and oxygen atoms in total. The van der Waals surface area contributed by atoms with Crippen molar-refractivity contribution in [2.75, 3.05) is 6.61 Å². The van der Waals surface area contributed by atoms with Crippen molar-refractivity contribution in [3.63, 3.8) is 0 Å². The molecule has 2 aromatic rings. The molecule has 0 saturated heterocycles. The summed E-state index contributed by atoms with van der Waals surface area (Å²) in [6.07, 6.45) is 1.54. The van der Waals surface area contributed by atoms with E-state index in [1.807, 2.05) is 12.1 Å². The highest BCUT2D eigenvalue weighted by Crippen LogP contribution is 2.17. The molecule has 102 valence electrons. The van der Waals surface area contributed by atoms with Gasteiger partial charge in [0.2, 0.25) is 0 Å². The van der Waals surface area contributed by atoms with E-state index in [0.29, 0.717) is 5.56 Å². The van der Waals surface area contributed by atoms with Crippen LogP contribution in [0.15, 0.2) is 30.5 Å². The standard InChI is InChI=1S/C15H14N2O3/c1-2-20-15(19)8-13(18)10-17-6-5-12-4-3-11(9-16)7-14(12)17/h3-7H,2,8,10H2,1H3. The molecule has 0 spiro atoms. The molecule has 0 aliphatic heterocycles. The first-order valence-corrected chi connectivity index (χ1v) is 6.30. The average molecular weight is 270 g/mol. The van der Waals surface area contributed by atoms with Crippen molar-refractivity contribution >= 4 is 22.7 Å². The molecule has 5 heteroatoms. The Morgan fingerprint density at radius 3 is 2.85 bits per heavy atom. The van der Waals surface area contributed by atoms with E-state index in [9.17, 15) is 9.59 Å². The van der Waals surface area contributed by atoms with Gasteiger partial charge in [0, 0.05) is 11.7 Å². The van der Waals surface area contributed by atoms with E-state index in [1.165, 1.54) is 0 Å². The van der Waals surface area contributed by atoms with E-state index in [1.54, 1.807) is 29.8 Å². The predicted molar refractivity (Wildman–Crippen MR) is 72.9 cm³/mol. The SMILES string of the molecule is CCOC(=O)CC(=O)Cn1ccc2ccc(C#N)cc21. The second kappa shape index (κ2) is 6.02. The second-order valence-corrected chi connectivity index (χ2v) is 4.35. The maximum Gasteiger partial charge on any atom is 0.313 e. The summed E-state index contributed by atoms with van der Waals surface area (Å²) in [5, 5.41) is 9.85. The maximum absolute atomic E-state index is 11.8. The van der Waals surface area contributed by atoms with Crippen LogP contribution in [0, 0.1) is 11.3 Å². The van der Waals surface area contributed by atoms with Crippen LogP contribution in [-0.2, 0) is 20.9 Å². The highest BCUT2D eigenvalue weighted by Gasteiger charge is 2.12.